The van der Waals surface area contributed by atoms with Gasteiger partial charge in [-0.1, -0.05) is 0 Å². The summed E-state index contributed by atoms with van der Waals surface area (Å²) in [6.45, 7) is 0.245. The molecule has 0 unspecified atom stereocenters. The van der Waals surface area contributed by atoms with Gasteiger partial charge in [0.05, 0.1) is 11.5 Å². The number of nitriles is 1. The zero-order valence-corrected chi connectivity index (χ0v) is 9.12. The smallest absolute Gasteiger partial charge is 0.404 e. The van der Waals surface area contributed by atoms with Crippen LogP contribution in [0.3, 0.4) is 0 Å². The molecule has 0 saturated heterocycles. The minimum Gasteiger partial charge on any atom is -0.448 e. The van der Waals surface area contributed by atoms with Crippen LogP contribution in [-0.4, -0.2) is 29.2 Å². The van der Waals surface area contributed by atoms with Crippen molar-refractivity contribution >= 4 is 17.6 Å². The zero-order valence-electron chi connectivity index (χ0n) is 9.12. The molecule has 0 radical (unpaired) electrons. The van der Waals surface area contributed by atoms with Crippen molar-refractivity contribution < 1.29 is 14.5 Å². The van der Waals surface area contributed by atoms with Gasteiger partial charge < -0.3 is 15.8 Å². The summed E-state index contributed by atoms with van der Waals surface area (Å²) in [7, 11) is 0. The van der Waals surface area contributed by atoms with Crippen LogP contribution in [0, 0.1) is 21.4 Å². The van der Waals surface area contributed by atoms with Crippen LogP contribution in [0.25, 0.3) is 0 Å². The Hall–Kier alpha value is -2.89. The first kappa shape index (κ1) is 13.2. The average Bonchev–Trinajstić information content (AvgIpc) is 2.33. The van der Waals surface area contributed by atoms with Gasteiger partial charge >= 0.3 is 11.8 Å². The number of primary amides is 1. The molecule has 1 amide bonds. The molecule has 0 aromatic carbocycles. The fourth-order valence-electron chi connectivity index (χ4n) is 1.11. The Morgan fingerprint density at radius 2 is 2.39 bits per heavy atom. The van der Waals surface area contributed by atoms with Crippen LogP contribution in [0.2, 0.25) is 0 Å². The second kappa shape index (κ2) is 6.00. The molecule has 94 valence electrons. The van der Waals surface area contributed by atoms with Crippen LogP contribution < -0.4 is 11.1 Å². The summed E-state index contributed by atoms with van der Waals surface area (Å²) in [6, 6.07) is 4.15. The van der Waals surface area contributed by atoms with E-state index in [4.69, 9.17) is 11.0 Å². The third-order valence-electron chi connectivity index (χ3n) is 1.83. The first-order valence-corrected chi connectivity index (χ1v) is 4.76. The fourth-order valence-corrected chi connectivity index (χ4v) is 1.11. The summed E-state index contributed by atoms with van der Waals surface area (Å²) in [5.41, 5.74) is 4.09. The van der Waals surface area contributed by atoms with Crippen molar-refractivity contribution in [2.75, 3.05) is 18.5 Å². The van der Waals surface area contributed by atoms with Crippen molar-refractivity contribution in [1.82, 2.24) is 4.98 Å². The summed E-state index contributed by atoms with van der Waals surface area (Å²) in [4.78, 5) is 23.9. The molecule has 1 rings (SSSR count). The molecule has 0 aliphatic rings. The van der Waals surface area contributed by atoms with E-state index in [0.717, 1.165) is 0 Å². The minimum atomic E-state index is -0.897. The Morgan fingerprint density at radius 3 is 2.94 bits per heavy atom. The van der Waals surface area contributed by atoms with Crippen molar-refractivity contribution in [2.24, 2.45) is 5.73 Å². The Bertz CT molecular complexity index is 510. The van der Waals surface area contributed by atoms with Gasteiger partial charge in [0.1, 0.15) is 18.5 Å². The van der Waals surface area contributed by atoms with Crippen LogP contribution in [0.5, 0.6) is 0 Å². The molecule has 0 bridgehead atoms. The fraction of sp³-hybridized carbons (Fsp3) is 0.222. The summed E-state index contributed by atoms with van der Waals surface area (Å²) in [5, 5.41) is 22.0. The van der Waals surface area contributed by atoms with Gasteiger partial charge in [-0.05, 0) is 6.07 Å². The lowest BCUT2D eigenvalue weighted by molar-refractivity contribution is -0.385. The number of amides is 1. The van der Waals surface area contributed by atoms with Crippen molar-refractivity contribution in [3.63, 3.8) is 0 Å². The molecule has 0 spiro atoms. The molecular formula is C9H9N5O4. The number of nitro groups is 1. The van der Waals surface area contributed by atoms with Gasteiger partial charge in [-0.25, -0.2) is 9.78 Å². The van der Waals surface area contributed by atoms with E-state index >= 15 is 0 Å². The Balaban J connectivity index is 2.66. The van der Waals surface area contributed by atoms with Crippen LogP contribution in [0.1, 0.15) is 5.69 Å². The van der Waals surface area contributed by atoms with Crippen molar-refractivity contribution in [2.45, 2.75) is 0 Å². The Labute approximate surface area is 101 Å². The van der Waals surface area contributed by atoms with Gasteiger partial charge in [0.15, 0.2) is 0 Å². The van der Waals surface area contributed by atoms with Crippen LogP contribution in [0.4, 0.5) is 16.3 Å². The summed E-state index contributed by atoms with van der Waals surface area (Å²) in [5.74, 6) is 0.269. The standard InChI is InChI=1S/C9H9N5O4/c10-5-6-7(14(16)17)1-2-8(13-6)12-3-4-18-9(11)15/h1-2H,3-4H2,(H2,11,15)(H,12,13). The lowest BCUT2D eigenvalue weighted by atomic mass is 10.3. The monoisotopic (exact) mass is 251 g/mol. The van der Waals surface area contributed by atoms with Crippen molar-refractivity contribution in [1.29, 1.82) is 5.26 Å². The lowest BCUT2D eigenvalue weighted by Crippen LogP contribution is -2.18. The van der Waals surface area contributed by atoms with E-state index in [9.17, 15) is 14.9 Å². The number of nitrogens with two attached hydrogens (primary N) is 1. The van der Waals surface area contributed by atoms with E-state index in [-0.39, 0.29) is 30.4 Å². The highest BCUT2D eigenvalue weighted by Gasteiger charge is 2.15. The number of carbonyl (C=O) groups excluding carboxylic acids is 1. The van der Waals surface area contributed by atoms with Gasteiger partial charge in [-0.3, -0.25) is 10.1 Å². The molecular weight excluding hydrogens is 242 g/mol. The maximum atomic E-state index is 10.5. The van der Waals surface area contributed by atoms with Crippen molar-refractivity contribution in [3.05, 3.63) is 27.9 Å². The molecule has 3 N–H and O–H groups in total. The molecule has 0 aliphatic heterocycles. The molecule has 9 nitrogen and oxygen atoms in total. The summed E-state index contributed by atoms with van der Waals surface area (Å²) < 4.78 is 4.46. The predicted molar refractivity (Wildman–Crippen MR) is 59.6 cm³/mol. The van der Waals surface area contributed by atoms with Crippen LogP contribution >= 0.6 is 0 Å². The first-order chi connectivity index (χ1) is 8.54. The number of nitrogens with zero attached hydrogens (tertiary/aromatic N) is 3. The topological polar surface area (TPSA) is 144 Å². The maximum Gasteiger partial charge on any atom is 0.404 e. The Morgan fingerprint density at radius 1 is 1.67 bits per heavy atom. The molecule has 1 aromatic rings. The minimum absolute atomic E-state index is 0.0237. The van der Waals surface area contributed by atoms with E-state index in [1.165, 1.54) is 12.1 Å². The normalized spacial score (nSPS) is 9.28. The average molecular weight is 251 g/mol. The van der Waals surface area contributed by atoms with Gasteiger partial charge in [0, 0.05) is 6.07 Å². The Kier molecular flexibility index (Phi) is 4.39. The number of anilines is 1. The SMILES string of the molecule is N#Cc1nc(NCCOC(N)=O)ccc1[N+](=O)[O-]. The maximum absolute atomic E-state index is 10.5. The highest BCUT2D eigenvalue weighted by atomic mass is 16.6. The van der Waals surface area contributed by atoms with Gasteiger partial charge in [-0.2, -0.15) is 5.26 Å². The number of pyridine rings is 1. The number of hydrogen-bond donors (Lipinski definition) is 2. The largest absolute Gasteiger partial charge is 0.448 e. The molecule has 0 saturated carbocycles. The number of rotatable bonds is 5. The van der Waals surface area contributed by atoms with E-state index < -0.39 is 11.0 Å². The second-order valence-corrected chi connectivity index (χ2v) is 3.03. The number of aromatic nitrogens is 1. The molecule has 0 aliphatic carbocycles. The van der Waals surface area contributed by atoms with E-state index in [2.05, 4.69) is 15.0 Å². The van der Waals surface area contributed by atoms with Gasteiger partial charge in [-0.15, -0.1) is 0 Å². The quantitative estimate of drug-likeness (QED) is 0.436. The number of carbonyl (C=O) groups is 1. The predicted octanol–water partition coefficient (Wildman–Crippen LogP) is 0.369. The molecule has 9 heteroatoms. The van der Waals surface area contributed by atoms with E-state index in [0.29, 0.717) is 0 Å². The van der Waals surface area contributed by atoms with Crippen molar-refractivity contribution in [3.8, 4) is 6.07 Å². The van der Waals surface area contributed by atoms with E-state index in [1.54, 1.807) is 6.07 Å². The third-order valence-corrected chi connectivity index (χ3v) is 1.83. The van der Waals surface area contributed by atoms with Crippen LogP contribution in [-0.2, 0) is 4.74 Å². The van der Waals surface area contributed by atoms with Crippen LogP contribution in [0.15, 0.2) is 12.1 Å². The highest BCUT2D eigenvalue weighted by Crippen LogP contribution is 2.17. The summed E-state index contributed by atoms with van der Waals surface area (Å²) in [6.07, 6.45) is -0.897. The first-order valence-electron chi connectivity index (χ1n) is 4.76. The van der Waals surface area contributed by atoms with Gasteiger partial charge in [0.2, 0.25) is 5.69 Å². The zero-order chi connectivity index (χ0) is 13.5. The molecule has 1 aromatic heterocycles. The lowest BCUT2D eigenvalue weighted by Gasteiger charge is -2.05. The summed E-state index contributed by atoms with van der Waals surface area (Å²) >= 11 is 0. The molecule has 0 fully saturated rings. The highest BCUT2D eigenvalue weighted by molar-refractivity contribution is 5.64. The third kappa shape index (κ3) is 3.60. The molecule has 1 heterocycles. The number of ether oxygens (including phenoxy) is 1. The molecule has 18 heavy (non-hydrogen) atoms. The van der Waals surface area contributed by atoms with E-state index in [1.807, 2.05) is 0 Å². The number of hydrogen-bond acceptors (Lipinski definition) is 7. The number of nitrogens with one attached hydrogen (secondary N) is 1. The molecule has 0 atom stereocenters. The second-order valence-electron chi connectivity index (χ2n) is 3.03. The van der Waals surface area contributed by atoms with Gasteiger partial charge in [0.25, 0.3) is 0 Å².